The van der Waals surface area contributed by atoms with E-state index in [-0.39, 0.29) is 22.9 Å². The highest BCUT2D eigenvalue weighted by atomic mass is 32.2. The van der Waals surface area contributed by atoms with Crippen LogP contribution in [0.1, 0.15) is 19.3 Å². The first-order valence-electron chi connectivity index (χ1n) is 12.9. The second-order valence-corrected chi connectivity index (χ2v) is 13.0. The Kier molecular flexibility index (Phi) is 9.67. The van der Waals surface area contributed by atoms with Gasteiger partial charge >= 0.3 is 0 Å². The lowest BCUT2D eigenvalue weighted by Gasteiger charge is -2.25. The summed E-state index contributed by atoms with van der Waals surface area (Å²) in [5, 5.41) is 2.68. The number of anilines is 1. The second kappa shape index (κ2) is 13.2. The van der Waals surface area contributed by atoms with Gasteiger partial charge in [-0.05, 0) is 73.5 Å². The fraction of sp³-hybridized carbons (Fsp3) is 0.321. The van der Waals surface area contributed by atoms with Gasteiger partial charge < -0.3 is 14.8 Å². The normalized spacial score (nSPS) is 14.3. The molecule has 0 unspecified atom stereocenters. The van der Waals surface area contributed by atoms with Crippen molar-refractivity contribution in [3.63, 3.8) is 0 Å². The molecule has 0 bridgehead atoms. The standard InChI is InChI=1S/C28H33N3O7S2/c1-37-24-12-10-23(11-13-24)31(40(35,36)26-8-4-2-5-9-26)22-28(32)29-18-21-38-25-14-16-27(17-15-25)39(33,34)30-19-6-3-7-20-30/h2,4-5,8-17H,3,6-7,18-22H2,1H3,(H,29,32). The smallest absolute Gasteiger partial charge is 0.264 e. The number of rotatable bonds is 12. The maximum Gasteiger partial charge on any atom is 0.264 e. The van der Waals surface area contributed by atoms with Crippen molar-refractivity contribution in [3.05, 3.63) is 78.9 Å². The first-order valence-corrected chi connectivity index (χ1v) is 15.8. The predicted octanol–water partition coefficient (Wildman–Crippen LogP) is 3.26. The highest BCUT2D eigenvalue weighted by molar-refractivity contribution is 7.92. The van der Waals surface area contributed by atoms with E-state index in [1.807, 2.05) is 0 Å². The van der Waals surface area contributed by atoms with Gasteiger partial charge in [-0.1, -0.05) is 24.6 Å². The molecule has 4 rings (SSSR count). The number of nitrogens with zero attached hydrogens (tertiary/aromatic N) is 2. The van der Waals surface area contributed by atoms with Crippen LogP contribution >= 0.6 is 0 Å². The summed E-state index contributed by atoms with van der Waals surface area (Å²) < 4.78 is 65.7. The molecular formula is C28H33N3O7S2. The van der Waals surface area contributed by atoms with E-state index in [1.54, 1.807) is 54.6 Å². The number of hydrogen-bond acceptors (Lipinski definition) is 7. The molecule has 1 aliphatic heterocycles. The lowest BCUT2D eigenvalue weighted by molar-refractivity contribution is -0.119. The molecule has 0 spiro atoms. The molecule has 1 aliphatic rings. The average molecular weight is 588 g/mol. The van der Waals surface area contributed by atoms with E-state index in [9.17, 15) is 21.6 Å². The number of benzene rings is 3. The maximum atomic E-state index is 13.4. The summed E-state index contributed by atoms with van der Waals surface area (Å²) in [6.45, 7) is 0.852. The number of carbonyl (C=O) groups is 1. The number of nitrogens with one attached hydrogen (secondary N) is 1. The third-order valence-electron chi connectivity index (χ3n) is 6.45. The van der Waals surface area contributed by atoms with Crippen molar-refractivity contribution in [1.82, 2.24) is 9.62 Å². The molecular weight excluding hydrogens is 554 g/mol. The summed E-state index contributed by atoms with van der Waals surface area (Å²) in [6, 6.07) is 20.5. The van der Waals surface area contributed by atoms with Crippen LogP contribution in [-0.2, 0) is 24.8 Å². The van der Waals surface area contributed by atoms with Crippen molar-refractivity contribution in [3.8, 4) is 11.5 Å². The minimum absolute atomic E-state index is 0.0627. The number of amides is 1. The zero-order chi connectivity index (χ0) is 28.6. The Bertz CT molecular complexity index is 1470. The monoisotopic (exact) mass is 587 g/mol. The maximum absolute atomic E-state index is 13.4. The average Bonchev–Trinajstić information content (AvgIpc) is 2.99. The minimum Gasteiger partial charge on any atom is -0.497 e. The highest BCUT2D eigenvalue weighted by Gasteiger charge is 2.27. The molecule has 1 fully saturated rings. The van der Waals surface area contributed by atoms with Gasteiger partial charge in [-0.2, -0.15) is 4.31 Å². The lowest BCUT2D eigenvalue weighted by Crippen LogP contribution is -2.41. The van der Waals surface area contributed by atoms with Crippen LogP contribution in [0.3, 0.4) is 0 Å². The summed E-state index contributed by atoms with van der Waals surface area (Å²) in [6.07, 6.45) is 2.77. The van der Waals surface area contributed by atoms with Crippen LogP contribution in [0.4, 0.5) is 5.69 Å². The number of ether oxygens (including phenoxy) is 2. The fourth-order valence-electron chi connectivity index (χ4n) is 4.29. The van der Waals surface area contributed by atoms with Gasteiger partial charge in [-0.3, -0.25) is 9.10 Å². The Hall–Kier alpha value is -3.61. The van der Waals surface area contributed by atoms with Gasteiger partial charge in [-0.25, -0.2) is 16.8 Å². The van der Waals surface area contributed by atoms with Crippen LogP contribution < -0.4 is 19.1 Å². The summed E-state index contributed by atoms with van der Waals surface area (Å²) in [7, 11) is -6.04. The lowest BCUT2D eigenvalue weighted by atomic mass is 10.2. The number of hydrogen-bond donors (Lipinski definition) is 1. The minimum atomic E-state index is -4.02. The van der Waals surface area contributed by atoms with Gasteiger partial charge in [-0.15, -0.1) is 0 Å². The van der Waals surface area contributed by atoms with Gasteiger partial charge in [0.2, 0.25) is 15.9 Å². The summed E-state index contributed by atoms with van der Waals surface area (Å²) in [5.74, 6) is 0.500. The molecule has 214 valence electrons. The van der Waals surface area contributed by atoms with Gasteiger partial charge in [0.15, 0.2) is 0 Å². The van der Waals surface area contributed by atoms with Crippen molar-refractivity contribution in [2.45, 2.75) is 29.1 Å². The van der Waals surface area contributed by atoms with E-state index in [2.05, 4.69) is 5.32 Å². The first-order chi connectivity index (χ1) is 19.2. The van der Waals surface area contributed by atoms with Gasteiger partial charge in [0.05, 0.1) is 29.1 Å². The van der Waals surface area contributed by atoms with Crippen LogP contribution in [0.25, 0.3) is 0 Å². The molecule has 10 nitrogen and oxygen atoms in total. The van der Waals surface area contributed by atoms with E-state index in [0.29, 0.717) is 30.3 Å². The van der Waals surface area contributed by atoms with Crippen molar-refractivity contribution in [1.29, 1.82) is 0 Å². The number of sulfonamides is 2. The highest BCUT2D eigenvalue weighted by Crippen LogP contribution is 2.26. The number of carbonyl (C=O) groups excluding carboxylic acids is 1. The Morgan fingerprint density at radius 1 is 0.825 bits per heavy atom. The molecule has 0 radical (unpaired) electrons. The van der Waals surface area contributed by atoms with Gasteiger partial charge in [0, 0.05) is 13.1 Å². The Morgan fingerprint density at radius 3 is 2.08 bits per heavy atom. The molecule has 0 saturated carbocycles. The SMILES string of the molecule is COc1ccc(N(CC(=O)NCCOc2ccc(S(=O)(=O)N3CCCCC3)cc2)S(=O)(=O)c2ccccc2)cc1. The molecule has 0 aromatic heterocycles. The van der Waals surface area contributed by atoms with E-state index in [1.165, 1.54) is 35.7 Å². The molecule has 1 saturated heterocycles. The molecule has 1 amide bonds. The van der Waals surface area contributed by atoms with Gasteiger partial charge in [0.1, 0.15) is 24.7 Å². The number of methoxy groups -OCH3 is 1. The fourth-order valence-corrected chi connectivity index (χ4v) is 7.25. The third kappa shape index (κ3) is 7.12. The first kappa shape index (κ1) is 29.4. The van der Waals surface area contributed by atoms with E-state index < -0.39 is 32.5 Å². The topological polar surface area (TPSA) is 122 Å². The molecule has 12 heteroatoms. The van der Waals surface area contributed by atoms with Crippen molar-refractivity contribution >= 4 is 31.6 Å². The molecule has 3 aromatic rings. The summed E-state index contributed by atoms with van der Waals surface area (Å²) in [5.41, 5.74) is 0.315. The molecule has 0 aliphatic carbocycles. The Morgan fingerprint density at radius 2 is 1.45 bits per heavy atom. The van der Waals surface area contributed by atoms with E-state index in [4.69, 9.17) is 9.47 Å². The quantitative estimate of drug-likeness (QED) is 0.323. The molecule has 0 atom stereocenters. The zero-order valence-corrected chi connectivity index (χ0v) is 23.9. The van der Waals surface area contributed by atoms with Crippen molar-refractivity contribution < 1.29 is 31.1 Å². The largest absolute Gasteiger partial charge is 0.497 e. The van der Waals surface area contributed by atoms with Crippen molar-refractivity contribution in [2.24, 2.45) is 0 Å². The molecule has 3 aromatic carbocycles. The summed E-state index contributed by atoms with van der Waals surface area (Å²) in [4.78, 5) is 13.1. The molecule has 1 N–H and O–H groups in total. The predicted molar refractivity (Wildman–Crippen MR) is 152 cm³/mol. The van der Waals surface area contributed by atoms with Crippen molar-refractivity contribution in [2.75, 3.05) is 44.2 Å². The van der Waals surface area contributed by atoms with Gasteiger partial charge in [0.25, 0.3) is 10.0 Å². The van der Waals surface area contributed by atoms with Crippen LogP contribution in [0, 0.1) is 0 Å². The third-order valence-corrected chi connectivity index (χ3v) is 10.1. The zero-order valence-electron chi connectivity index (χ0n) is 22.2. The summed E-state index contributed by atoms with van der Waals surface area (Å²) >= 11 is 0. The molecule has 40 heavy (non-hydrogen) atoms. The van der Waals surface area contributed by atoms with Crippen LogP contribution in [0.15, 0.2) is 88.7 Å². The van der Waals surface area contributed by atoms with Crippen LogP contribution in [-0.4, -0.2) is 66.9 Å². The van der Waals surface area contributed by atoms with E-state index >= 15 is 0 Å². The van der Waals surface area contributed by atoms with Crippen LogP contribution in [0.5, 0.6) is 11.5 Å². The van der Waals surface area contributed by atoms with E-state index in [0.717, 1.165) is 23.6 Å². The Labute approximate surface area is 235 Å². The number of piperidine rings is 1. The Balaban J connectivity index is 1.34. The van der Waals surface area contributed by atoms with Crippen LogP contribution in [0.2, 0.25) is 0 Å². The second-order valence-electron chi connectivity index (χ2n) is 9.16. The molecule has 1 heterocycles.